The van der Waals surface area contributed by atoms with Gasteiger partial charge in [-0.3, -0.25) is 10.1 Å². The van der Waals surface area contributed by atoms with Gasteiger partial charge in [-0.05, 0) is 49.2 Å². The summed E-state index contributed by atoms with van der Waals surface area (Å²) in [6, 6.07) is 10.7. The van der Waals surface area contributed by atoms with E-state index >= 15 is 0 Å². The molecule has 2 aromatic carbocycles. The van der Waals surface area contributed by atoms with Crippen molar-refractivity contribution < 1.29 is 4.92 Å². The molecule has 0 fully saturated rings. The first kappa shape index (κ1) is 16.7. The third kappa shape index (κ3) is 5.71. The van der Waals surface area contributed by atoms with Crippen molar-refractivity contribution >= 4 is 43.2 Å². The Balaban J connectivity index is 0.000000204. The van der Waals surface area contributed by atoms with Gasteiger partial charge in [0.05, 0.1) is 4.92 Å². The summed E-state index contributed by atoms with van der Waals surface area (Å²) in [6.07, 6.45) is 0. The monoisotopic (exact) mass is 400 g/mol. The molecule has 0 aliphatic carbocycles. The highest BCUT2D eigenvalue weighted by Gasteiger charge is 2.05. The van der Waals surface area contributed by atoms with E-state index in [0.717, 1.165) is 20.2 Å². The Bertz CT molecular complexity index is 560. The van der Waals surface area contributed by atoms with Gasteiger partial charge in [-0.1, -0.05) is 31.9 Å². The van der Waals surface area contributed by atoms with E-state index in [0.29, 0.717) is 0 Å². The Hall–Kier alpha value is -1.40. The molecule has 0 aliphatic rings. The number of nitrogens with zero attached hydrogens (tertiary/aromatic N) is 1. The summed E-state index contributed by atoms with van der Waals surface area (Å²) in [7, 11) is 0. The van der Waals surface area contributed by atoms with Crippen molar-refractivity contribution in [1.82, 2.24) is 0 Å². The van der Waals surface area contributed by atoms with Crippen molar-refractivity contribution in [2.75, 3.05) is 5.73 Å². The van der Waals surface area contributed by atoms with Crippen molar-refractivity contribution in [3.8, 4) is 0 Å². The Labute approximate surface area is 134 Å². The number of benzene rings is 2. The van der Waals surface area contributed by atoms with Crippen molar-refractivity contribution in [2.45, 2.75) is 13.8 Å². The first-order valence-corrected chi connectivity index (χ1v) is 7.31. The molecule has 0 bridgehead atoms. The van der Waals surface area contributed by atoms with Gasteiger partial charge in [-0.2, -0.15) is 0 Å². The summed E-state index contributed by atoms with van der Waals surface area (Å²) in [5.74, 6) is 0. The number of nitrogen functional groups attached to an aromatic ring is 1. The van der Waals surface area contributed by atoms with E-state index in [-0.39, 0.29) is 5.69 Å². The second-order valence-electron chi connectivity index (χ2n) is 4.31. The largest absolute Gasteiger partial charge is 0.399 e. The van der Waals surface area contributed by atoms with Crippen molar-refractivity contribution in [2.24, 2.45) is 0 Å². The molecule has 2 N–H and O–H groups in total. The molecule has 0 saturated heterocycles. The Kier molecular flexibility index (Phi) is 6.16. The summed E-state index contributed by atoms with van der Waals surface area (Å²) in [6.45, 7) is 3.83. The molecule has 20 heavy (non-hydrogen) atoms. The van der Waals surface area contributed by atoms with Crippen LogP contribution in [0.5, 0.6) is 0 Å². The average molecular weight is 402 g/mol. The zero-order valence-electron chi connectivity index (χ0n) is 11.1. The second-order valence-corrected chi connectivity index (χ2v) is 6.14. The summed E-state index contributed by atoms with van der Waals surface area (Å²) < 4.78 is 1.78. The molecular weight excluding hydrogens is 388 g/mol. The van der Waals surface area contributed by atoms with E-state index in [2.05, 4.69) is 31.9 Å². The highest BCUT2D eigenvalue weighted by Crippen LogP contribution is 2.20. The third-order valence-electron chi connectivity index (χ3n) is 2.30. The first-order valence-electron chi connectivity index (χ1n) is 5.72. The lowest BCUT2D eigenvalue weighted by atomic mass is 10.2. The van der Waals surface area contributed by atoms with Crippen molar-refractivity contribution in [1.29, 1.82) is 0 Å². The molecule has 0 aliphatic heterocycles. The minimum atomic E-state index is -0.405. The molecule has 6 heteroatoms. The van der Waals surface area contributed by atoms with E-state index < -0.39 is 4.92 Å². The molecule has 0 heterocycles. The van der Waals surface area contributed by atoms with Gasteiger partial charge in [0, 0.05) is 26.8 Å². The number of nitrogens with two attached hydrogens (primary N) is 1. The molecule has 2 aromatic rings. The fourth-order valence-corrected chi connectivity index (χ4v) is 2.81. The fourth-order valence-electron chi connectivity index (χ4n) is 1.59. The summed E-state index contributed by atoms with van der Waals surface area (Å²) in [5.41, 5.74) is 8.52. The van der Waals surface area contributed by atoms with Gasteiger partial charge >= 0.3 is 0 Å². The van der Waals surface area contributed by atoms with Crippen LogP contribution in [0.2, 0.25) is 0 Å². The molecule has 4 nitrogen and oxygen atoms in total. The van der Waals surface area contributed by atoms with Crippen LogP contribution in [0.1, 0.15) is 11.1 Å². The van der Waals surface area contributed by atoms with E-state index in [4.69, 9.17) is 5.73 Å². The quantitative estimate of drug-likeness (QED) is 0.415. The lowest BCUT2D eigenvalue weighted by Gasteiger charge is -1.95. The van der Waals surface area contributed by atoms with Crippen LogP contribution in [-0.4, -0.2) is 4.92 Å². The number of aryl methyl sites for hydroxylation is 2. The normalized spacial score (nSPS) is 9.60. The zero-order valence-corrected chi connectivity index (χ0v) is 14.2. The predicted octanol–water partition coefficient (Wildman–Crippen LogP) is 5.01. The van der Waals surface area contributed by atoms with Gasteiger partial charge in [-0.25, -0.2) is 0 Å². The highest BCUT2D eigenvalue weighted by molar-refractivity contribution is 9.10. The van der Waals surface area contributed by atoms with Crippen LogP contribution in [0.15, 0.2) is 45.3 Å². The van der Waals surface area contributed by atoms with Crippen LogP contribution in [0.3, 0.4) is 0 Å². The van der Waals surface area contributed by atoms with Gasteiger partial charge in [0.15, 0.2) is 0 Å². The molecule has 0 unspecified atom stereocenters. The lowest BCUT2D eigenvalue weighted by molar-refractivity contribution is -0.385. The van der Waals surface area contributed by atoms with Crippen LogP contribution >= 0.6 is 31.9 Å². The number of nitro groups is 1. The topological polar surface area (TPSA) is 69.2 Å². The Morgan fingerprint density at radius 2 is 1.45 bits per heavy atom. The summed E-state index contributed by atoms with van der Waals surface area (Å²) in [5, 5.41) is 10.3. The smallest absolute Gasteiger partial charge is 0.270 e. The Morgan fingerprint density at radius 3 is 1.85 bits per heavy atom. The maximum absolute atomic E-state index is 10.3. The van der Waals surface area contributed by atoms with E-state index in [1.165, 1.54) is 17.7 Å². The maximum atomic E-state index is 10.3. The second kappa shape index (κ2) is 7.40. The number of nitro benzene ring substituents is 1. The van der Waals surface area contributed by atoms with Crippen LogP contribution < -0.4 is 5.73 Å². The first-order chi connectivity index (χ1) is 9.27. The average Bonchev–Trinajstić information content (AvgIpc) is 2.26. The molecular formula is C14H14Br2N2O2. The molecule has 2 rings (SSSR count). The number of hydrogen-bond acceptors (Lipinski definition) is 3. The highest BCUT2D eigenvalue weighted by atomic mass is 79.9. The van der Waals surface area contributed by atoms with Crippen molar-refractivity contribution in [3.63, 3.8) is 0 Å². The lowest BCUT2D eigenvalue weighted by Crippen LogP contribution is -1.87. The van der Waals surface area contributed by atoms with Gasteiger partial charge in [0.2, 0.25) is 0 Å². The number of hydrogen-bond donors (Lipinski definition) is 1. The Morgan fingerprint density at radius 1 is 0.950 bits per heavy atom. The minimum Gasteiger partial charge on any atom is -0.399 e. The fraction of sp³-hybridized carbons (Fsp3) is 0.143. The standard InChI is InChI=1S/C7H6BrNO2.C7H8BrN/c1-5-2-6(8)4-7(3-5)9(10)11;1-5-2-6(8)4-7(9)3-5/h2-4H,1H3;2-4H,9H2,1H3. The molecule has 0 atom stereocenters. The number of non-ortho nitro benzene ring substituents is 1. The van der Waals surface area contributed by atoms with Gasteiger partial charge in [0.1, 0.15) is 0 Å². The molecule has 0 spiro atoms. The summed E-state index contributed by atoms with van der Waals surface area (Å²) in [4.78, 5) is 9.89. The molecule has 0 aromatic heterocycles. The molecule has 0 radical (unpaired) electrons. The van der Waals surface area contributed by atoms with E-state index in [9.17, 15) is 10.1 Å². The van der Waals surface area contributed by atoms with Gasteiger partial charge in [-0.15, -0.1) is 0 Å². The van der Waals surface area contributed by atoms with Crippen molar-refractivity contribution in [3.05, 3.63) is 66.6 Å². The predicted molar refractivity (Wildman–Crippen MR) is 88.8 cm³/mol. The molecule has 0 amide bonds. The van der Waals surface area contributed by atoms with Crippen LogP contribution in [-0.2, 0) is 0 Å². The number of halogens is 2. The molecule has 0 saturated carbocycles. The van der Waals surface area contributed by atoms with Gasteiger partial charge in [0.25, 0.3) is 5.69 Å². The van der Waals surface area contributed by atoms with Gasteiger partial charge < -0.3 is 5.73 Å². The van der Waals surface area contributed by atoms with Crippen LogP contribution in [0.25, 0.3) is 0 Å². The third-order valence-corrected chi connectivity index (χ3v) is 3.22. The van der Waals surface area contributed by atoms with E-state index in [1.807, 2.05) is 38.1 Å². The number of anilines is 1. The zero-order chi connectivity index (χ0) is 15.3. The SMILES string of the molecule is Cc1cc(Br)cc([N+](=O)[O-])c1.Cc1cc(N)cc(Br)c1. The molecule has 106 valence electrons. The maximum Gasteiger partial charge on any atom is 0.270 e. The minimum absolute atomic E-state index is 0.122. The number of rotatable bonds is 1. The van der Waals surface area contributed by atoms with Crippen LogP contribution in [0.4, 0.5) is 11.4 Å². The van der Waals surface area contributed by atoms with E-state index in [1.54, 1.807) is 0 Å². The van der Waals surface area contributed by atoms with Crippen LogP contribution in [0, 0.1) is 24.0 Å². The summed E-state index contributed by atoms with van der Waals surface area (Å²) >= 11 is 6.51.